The second-order valence-electron chi connectivity index (χ2n) is 4.29. The van der Waals surface area contributed by atoms with E-state index in [1.807, 2.05) is 0 Å². The minimum atomic E-state index is -1.01. The zero-order valence-electron chi connectivity index (χ0n) is 10.5. The van der Waals surface area contributed by atoms with Crippen molar-refractivity contribution in [2.45, 2.75) is 23.7 Å². The molecular weight excluding hydrogens is 284 g/mol. The maximum Gasteiger partial charge on any atom is 0.276 e. The van der Waals surface area contributed by atoms with Crippen molar-refractivity contribution in [1.82, 2.24) is 9.97 Å². The van der Waals surface area contributed by atoms with E-state index in [-0.39, 0.29) is 18.1 Å². The van der Waals surface area contributed by atoms with Gasteiger partial charge in [0.05, 0.1) is 24.3 Å². The van der Waals surface area contributed by atoms with E-state index in [1.165, 1.54) is 17.4 Å². The standard InChI is InChI=1S/C11H16N4O4S/c1-2-15(9-6(12)10(18)14-4-13-9)11-7(17)8(20)5(3-16)19-11/h2,4-5,7-8,11,16-17,20H,1,3,12H2,(H,13,14,18)/t5-,7?,8-,11-/m1/s1. The summed E-state index contributed by atoms with van der Waals surface area (Å²) in [5.41, 5.74) is 5.05. The summed E-state index contributed by atoms with van der Waals surface area (Å²) in [7, 11) is 0. The van der Waals surface area contributed by atoms with E-state index in [0.29, 0.717) is 0 Å². The number of aliphatic hydroxyl groups is 2. The lowest BCUT2D eigenvalue weighted by molar-refractivity contribution is -0.00615. The number of thiol groups is 1. The minimum absolute atomic E-state index is 0.118. The molecule has 0 spiro atoms. The molecule has 9 heteroatoms. The second kappa shape index (κ2) is 5.83. The number of ether oxygens (including phenoxy) is 1. The molecule has 0 radical (unpaired) electrons. The third-order valence-corrected chi connectivity index (χ3v) is 3.74. The topological polar surface area (TPSA) is 125 Å². The lowest BCUT2D eigenvalue weighted by atomic mass is 10.2. The average Bonchev–Trinajstić information content (AvgIpc) is 2.72. The van der Waals surface area contributed by atoms with E-state index in [4.69, 9.17) is 10.5 Å². The van der Waals surface area contributed by atoms with E-state index in [9.17, 15) is 15.0 Å². The van der Waals surface area contributed by atoms with Crippen LogP contribution in [0.5, 0.6) is 0 Å². The molecule has 2 heterocycles. The fourth-order valence-electron chi connectivity index (χ4n) is 2.03. The molecule has 5 N–H and O–H groups in total. The highest BCUT2D eigenvalue weighted by molar-refractivity contribution is 7.81. The van der Waals surface area contributed by atoms with E-state index in [1.54, 1.807) is 0 Å². The Morgan fingerprint density at radius 3 is 2.95 bits per heavy atom. The molecule has 8 nitrogen and oxygen atoms in total. The van der Waals surface area contributed by atoms with Crippen molar-refractivity contribution in [2.24, 2.45) is 0 Å². The average molecular weight is 300 g/mol. The number of nitrogens with two attached hydrogens (primary N) is 1. The molecule has 2 rings (SSSR count). The fraction of sp³-hybridized carbons (Fsp3) is 0.455. The number of rotatable bonds is 4. The molecule has 1 aromatic rings. The Kier molecular flexibility index (Phi) is 4.33. The maximum atomic E-state index is 11.5. The number of aliphatic hydroxyl groups excluding tert-OH is 2. The first-order valence-corrected chi connectivity index (χ1v) is 6.39. The molecule has 20 heavy (non-hydrogen) atoms. The number of nitrogen functional groups attached to an aromatic ring is 1. The molecule has 0 aliphatic carbocycles. The first-order valence-electron chi connectivity index (χ1n) is 5.87. The van der Waals surface area contributed by atoms with Gasteiger partial charge in [0.2, 0.25) is 0 Å². The molecule has 0 saturated carbocycles. The highest BCUT2D eigenvalue weighted by Crippen LogP contribution is 2.31. The van der Waals surface area contributed by atoms with Crippen LogP contribution < -0.4 is 16.2 Å². The molecule has 110 valence electrons. The van der Waals surface area contributed by atoms with Crippen LogP contribution in [0.4, 0.5) is 11.5 Å². The van der Waals surface area contributed by atoms with Crippen LogP contribution in [0.15, 0.2) is 23.9 Å². The summed E-state index contributed by atoms with van der Waals surface area (Å²) in [6, 6.07) is 0. The van der Waals surface area contributed by atoms with Gasteiger partial charge in [0.15, 0.2) is 12.0 Å². The molecule has 1 fully saturated rings. The first-order chi connectivity index (χ1) is 9.51. The lowest BCUT2D eigenvalue weighted by Crippen LogP contribution is -2.41. The van der Waals surface area contributed by atoms with Crippen molar-refractivity contribution >= 4 is 24.1 Å². The van der Waals surface area contributed by atoms with Gasteiger partial charge in [-0.2, -0.15) is 12.6 Å². The van der Waals surface area contributed by atoms with Gasteiger partial charge < -0.3 is 30.6 Å². The monoisotopic (exact) mass is 300 g/mol. The van der Waals surface area contributed by atoms with Crippen molar-refractivity contribution in [3.8, 4) is 0 Å². The molecule has 4 atom stereocenters. The highest BCUT2D eigenvalue weighted by Gasteiger charge is 2.44. The number of nitrogens with one attached hydrogen (secondary N) is 1. The second-order valence-corrected chi connectivity index (χ2v) is 4.88. The number of hydrogen-bond donors (Lipinski definition) is 5. The minimum Gasteiger partial charge on any atom is -0.394 e. The number of H-pyrrole nitrogens is 1. The van der Waals surface area contributed by atoms with Gasteiger partial charge >= 0.3 is 0 Å². The van der Waals surface area contributed by atoms with E-state index >= 15 is 0 Å². The maximum absolute atomic E-state index is 11.5. The number of anilines is 2. The van der Waals surface area contributed by atoms with Gasteiger partial charge in [0.1, 0.15) is 11.8 Å². The zero-order chi connectivity index (χ0) is 14.9. The Morgan fingerprint density at radius 2 is 2.40 bits per heavy atom. The molecule has 1 aliphatic heterocycles. The van der Waals surface area contributed by atoms with Gasteiger partial charge in [-0.05, 0) is 0 Å². The van der Waals surface area contributed by atoms with E-state index in [2.05, 4.69) is 29.2 Å². The summed E-state index contributed by atoms with van der Waals surface area (Å²) in [4.78, 5) is 19.1. The zero-order valence-corrected chi connectivity index (χ0v) is 11.4. The number of aromatic nitrogens is 2. The van der Waals surface area contributed by atoms with Crippen LogP contribution in [-0.4, -0.2) is 50.5 Å². The molecule has 1 aliphatic rings. The summed E-state index contributed by atoms with van der Waals surface area (Å²) in [6.45, 7) is 3.32. The van der Waals surface area contributed by atoms with Gasteiger partial charge in [-0.15, -0.1) is 0 Å². The SMILES string of the molecule is C=CN(c1nc[nH]c(=O)c1N)[C@@H]1O[C@H](CO)[C@@H](S)C1O. The van der Waals surface area contributed by atoms with Gasteiger partial charge in [-0.25, -0.2) is 4.98 Å². The van der Waals surface area contributed by atoms with Gasteiger partial charge in [0.25, 0.3) is 5.56 Å². The van der Waals surface area contributed by atoms with Gasteiger partial charge in [0, 0.05) is 6.20 Å². The normalized spacial score (nSPS) is 29.4. The largest absolute Gasteiger partial charge is 0.394 e. The summed E-state index contributed by atoms with van der Waals surface area (Å²) in [5.74, 6) is 0.118. The lowest BCUT2D eigenvalue weighted by Gasteiger charge is -2.28. The quantitative estimate of drug-likeness (QED) is 0.437. The van der Waals surface area contributed by atoms with E-state index < -0.39 is 29.2 Å². The van der Waals surface area contributed by atoms with Crippen molar-refractivity contribution in [3.63, 3.8) is 0 Å². The van der Waals surface area contributed by atoms with Crippen molar-refractivity contribution in [2.75, 3.05) is 17.2 Å². The van der Waals surface area contributed by atoms with Gasteiger partial charge in [-0.3, -0.25) is 4.79 Å². The van der Waals surface area contributed by atoms with Crippen molar-refractivity contribution in [1.29, 1.82) is 0 Å². The Balaban J connectivity index is 2.36. The van der Waals surface area contributed by atoms with E-state index in [0.717, 1.165) is 0 Å². The summed E-state index contributed by atoms with van der Waals surface area (Å²) in [6.07, 6.45) is 0.00143. The third-order valence-electron chi connectivity index (χ3n) is 3.10. The summed E-state index contributed by atoms with van der Waals surface area (Å²) < 4.78 is 5.51. The van der Waals surface area contributed by atoms with Crippen LogP contribution in [0.25, 0.3) is 0 Å². The van der Waals surface area contributed by atoms with Crippen LogP contribution in [0.2, 0.25) is 0 Å². The summed E-state index contributed by atoms with van der Waals surface area (Å²) >= 11 is 4.20. The third kappa shape index (κ3) is 2.40. The Hall–Kier alpha value is -1.55. The van der Waals surface area contributed by atoms with Crippen LogP contribution in [-0.2, 0) is 4.74 Å². The van der Waals surface area contributed by atoms with Crippen LogP contribution >= 0.6 is 12.6 Å². The van der Waals surface area contributed by atoms with Crippen molar-refractivity contribution < 1.29 is 14.9 Å². The van der Waals surface area contributed by atoms with Crippen molar-refractivity contribution in [3.05, 3.63) is 29.5 Å². The Bertz CT molecular complexity index is 551. The van der Waals surface area contributed by atoms with Crippen LogP contribution in [0.1, 0.15) is 0 Å². The Morgan fingerprint density at radius 1 is 1.70 bits per heavy atom. The molecule has 1 unspecified atom stereocenters. The predicted octanol–water partition coefficient (Wildman–Crippen LogP) is -1.32. The number of nitrogens with zero attached hydrogens (tertiary/aromatic N) is 2. The van der Waals surface area contributed by atoms with Gasteiger partial charge in [-0.1, -0.05) is 6.58 Å². The molecular formula is C11H16N4O4S. The highest BCUT2D eigenvalue weighted by atomic mass is 32.1. The molecule has 0 amide bonds. The molecule has 1 saturated heterocycles. The predicted molar refractivity (Wildman–Crippen MR) is 76.5 cm³/mol. The molecule has 0 bridgehead atoms. The van der Waals surface area contributed by atoms with Crippen LogP contribution in [0, 0.1) is 0 Å². The molecule has 0 aromatic carbocycles. The molecule has 1 aromatic heterocycles. The number of aromatic amines is 1. The first kappa shape index (κ1) is 14.9. The Labute approximate surface area is 120 Å². The smallest absolute Gasteiger partial charge is 0.276 e. The van der Waals surface area contributed by atoms with Crippen LogP contribution in [0.3, 0.4) is 0 Å². The fourth-order valence-corrected chi connectivity index (χ4v) is 2.34. The number of hydrogen-bond acceptors (Lipinski definition) is 8. The summed E-state index contributed by atoms with van der Waals surface area (Å²) in [5, 5.41) is 18.7.